The number of amides is 1. The molecule has 2 bridgehead atoms. The van der Waals surface area contributed by atoms with Gasteiger partial charge >= 0.3 is 5.97 Å². The van der Waals surface area contributed by atoms with Gasteiger partial charge in [-0.15, -0.1) is 0 Å². The Hall–Kier alpha value is -2.80. The third-order valence-corrected chi connectivity index (χ3v) is 14.9. The summed E-state index contributed by atoms with van der Waals surface area (Å²) >= 11 is 0. The molecule has 1 aliphatic carbocycles. The second kappa shape index (κ2) is 20.8. The van der Waals surface area contributed by atoms with E-state index >= 15 is 0 Å². The number of rotatable bonds is 9. The van der Waals surface area contributed by atoms with Crippen LogP contribution in [0.2, 0.25) is 0 Å². The lowest BCUT2D eigenvalue weighted by molar-refractivity contribution is -0.311. The van der Waals surface area contributed by atoms with Crippen molar-refractivity contribution < 1.29 is 67.2 Å². The molecule has 15 nitrogen and oxygen atoms in total. The Labute approximate surface area is 385 Å². The summed E-state index contributed by atoms with van der Waals surface area (Å²) in [6.07, 6.45) is 9.46. The zero-order valence-electron chi connectivity index (χ0n) is 40.2. The van der Waals surface area contributed by atoms with Gasteiger partial charge in [-0.3, -0.25) is 9.59 Å². The van der Waals surface area contributed by atoms with Gasteiger partial charge in [-0.25, -0.2) is 0 Å². The molecule has 65 heavy (non-hydrogen) atoms. The molecule has 0 saturated carbocycles. The summed E-state index contributed by atoms with van der Waals surface area (Å²) < 4.78 is 64.4. The number of fused-ring (bicyclic) bond motifs is 2. The first-order valence-electron chi connectivity index (χ1n) is 23.8. The highest BCUT2D eigenvalue weighted by Gasteiger charge is 2.60. The summed E-state index contributed by atoms with van der Waals surface area (Å²) in [4.78, 5) is 26.3. The van der Waals surface area contributed by atoms with E-state index in [9.17, 15) is 19.8 Å². The topological polar surface area (TPSA) is 179 Å². The van der Waals surface area contributed by atoms with Gasteiger partial charge in [0.15, 0.2) is 18.4 Å². The predicted molar refractivity (Wildman–Crippen MR) is 239 cm³/mol. The van der Waals surface area contributed by atoms with Gasteiger partial charge in [-0.05, 0) is 62.8 Å². The molecule has 364 valence electrons. The number of aliphatic hydroxyl groups excluding tert-OH is 1. The molecule has 0 radical (unpaired) electrons. The third kappa shape index (κ3) is 10.6. The molecule has 15 heteroatoms. The van der Waals surface area contributed by atoms with Crippen LogP contribution in [0.5, 0.6) is 0 Å². The Balaban J connectivity index is 1.16. The number of allylic oxidation sites excluding steroid dienone is 2. The van der Waals surface area contributed by atoms with E-state index in [0.29, 0.717) is 36.8 Å². The maximum absolute atomic E-state index is 14.4. The second-order valence-electron chi connectivity index (χ2n) is 19.7. The molecule has 4 fully saturated rings. The van der Waals surface area contributed by atoms with Gasteiger partial charge in [0, 0.05) is 58.7 Å². The average molecular weight is 914 g/mol. The molecule has 20 atom stereocenters. The third-order valence-electron chi connectivity index (χ3n) is 14.9. The van der Waals surface area contributed by atoms with E-state index in [0.717, 1.165) is 12.0 Å². The Kier molecular flexibility index (Phi) is 16.0. The van der Waals surface area contributed by atoms with Crippen molar-refractivity contribution in [2.24, 2.45) is 23.7 Å². The molecule has 0 aromatic heterocycles. The van der Waals surface area contributed by atoms with Crippen LogP contribution in [-0.4, -0.2) is 140 Å². The first-order chi connectivity index (χ1) is 30.9. The normalized spacial score (nSPS) is 47.3. The number of hydrogen-bond acceptors (Lipinski definition) is 14. The van der Waals surface area contributed by atoms with Gasteiger partial charge in [0.1, 0.15) is 35.9 Å². The lowest BCUT2D eigenvalue weighted by Gasteiger charge is -2.48. The Morgan fingerprint density at radius 1 is 0.938 bits per heavy atom. The average Bonchev–Trinajstić information content (AvgIpc) is 3.61. The predicted octanol–water partition coefficient (Wildman–Crippen LogP) is 5.52. The second-order valence-corrected chi connectivity index (χ2v) is 19.7. The minimum atomic E-state index is -1.84. The van der Waals surface area contributed by atoms with Gasteiger partial charge < -0.3 is 62.9 Å². The van der Waals surface area contributed by atoms with Crippen LogP contribution in [0.4, 0.5) is 0 Å². The fraction of sp³-hybridized carbons (Fsp3) is 0.760. The van der Waals surface area contributed by atoms with Crippen molar-refractivity contribution in [3.8, 4) is 0 Å². The number of carbonyl (C=O) groups is 2. The molecule has 6 heterocycles. The van der Waals surface area contributed by atoms with Gasteiger partial charge in [0.25, 0.3) is 0 Å². The SMILES string of the molecule is CC[C@H](C)[C@H]1O[C@@]2(C=C[C@@H]1C)C[C@H]1C[C@@H](C/C=C(\C)[C@@H](O[C@@H]3C[C@@H](OC)[C@@H](O[C@@H]4C[C@@H](OC)[C@@H](NC(C)=O)[C@@H](C)O4)[C@@H](C)O3)[C@@H](C)/C=C/C=C3\CO[C@@H]4[C@@H](O)C(C)=C[C@H](C(=O)O1)[C@]34O)O2. The summed E-state index contributed by atoms with van der Waals surface area (Å²) in [7, 11) is 3.27. The van der Waals surface area contributed by atoms with Crippen LogP contribution in [0.25, 0.3) is 0 Å². The first kappa shape index (κ1) is 50.1. The summed E-state index contributed by atoms with van der Waals surface area (Å²) in [5.74, 6) is -2.75. The minimum Gasteiger partial charge on any atom is -0.462 e. The van der Waals surface area contributed by atoms with Crippen molar-refractivity contribution in [3.63, 3.8) is 0 Å². The van der Waals surface area contributed by atoms with Crippen LogP contribution in [-0.2, 0) is 57.0 Å². The Morgan fingerprint density at radius 3 is 2.35 bits per heavy atom. The molecule has 0 unspecified atom stereocenters. The molecule has 7 rings (SSSR count). The maximum atomic E-state index is 14.4. The van der Waals surface area contributed by atoms with E-state index in [4.69, 9.17) is 47.4 Å². The molecule has 6 aliphatic heterocycles. The van der Waals surface area contributed by atoms with Crippen LogP contribution >= 0.6 is 0 Å². The molecule has 7 aliphatic rings. The van der Waals surface area contributed by atoms with E-state index in [1.165, 1.54) is 6.92 Å². The summed E-state index contributed by atoms with van der Waals surface area (Å²) in [5, 5.41) is 26.7. The summed E-state index contributed by atoms with van der Waals surface area (Å²) in [5.41, 5.74) is 0.116. The standard InChI is InChI=1S/C50H75NO14/c1-12-26(2)45-29(5)18-19-49(65-45)24-36-21-35(64-49)17-16-28(4)44(27(3)14-13-15-34-25-58-47-43(53)30(6)20-37(48(54)61-36)50(34,47)55)62-41-23-39(57-11)46(32(8)60-41)63-40-22-38(56-10)42(31(7)59-40)51-33(9)52/h13-16,18-20,26-27,29,31-32,35-47,53,55H,12,17,21-25H2,1-11H3,(H,51,52)/b14-13+,28-16+,34-15+/t26-,27-,29-,31+,32+,35+,36+,37+,38+,39+,40+,41+,42-,43-,44-,45+,46-,47+,49-,50+/m0/s1. The smallest absolute Gasteiger partial charge is 0.316 e. The van der Waals surface area contributed by atoms with Crippen molar-refractivity contribution in [1.82, 2.24) is 5.32 Å². The van der Waals surface area contributed by atoms with Gasteiger partial charge in [0.2, 0.25) is 5.91 Å². The van der Waals surface area contributed by atoms with Crippen molar-refractivity contribution >= 4 is 11.9 Å². The number of methoxy groups -OCH3 is 2. The minimum absolute atomic E-state index is 0.0270. The Morgan fingerprint density at radius 2 is 1.65 bits per heavy atom. The molecule has 1 amide bonds. The maximum Gasteiger partial charge on any atom is 0.316 e. The van der Waals surface area contributed by atoms with Crippen molar-refractivity contribution in [2.75, 3.05) is 20.8 Å². The lowest BCUT2D eigenvalue weighted by atomic mass is 9.71. The van der Waals surface area contributed by atoms with E-state index in [1.807, 2.05) is 39.0 Å². The largest absolute Gasteiger partial charge is 0.462 e. The number of carbonyl (C=O) groups excluding carboxylic acids is 2. The molecule has 3 N–H and O–H groups in total. The number of hydrogen-bond donors (Lipinski definition) is 3. The zero-order valence-corrected chi connectivity index (χ0v) is 40.2. The molecule has 4 saturated heterocycles. The van der Waals surface area contributed by atoms with Crippen LogP contribution < -0.4 is 5.32 Å². The summed E-state index contributed by atoms with van der Waals surface area (Å²) in [6.45, 7) is 17.7. The van der Waals surface area contributed by atoms with Crippen molar-refractivity contribution in [2.45, 2.75) is 198 Å². The molecule has 1 spiro atoms. The highest BCUT2D eigenvalue weighted by atomic mass is 16.7. The quantitative estimate of drug-likeness (QED) is 0.195. The molecule has 0 aromatic carbocycles. The fourth-order valence-corrected chi connectivity index (χ4v) is 11.0. The molecule has 0 aromatic rings. The number of ether oxygens (including phenoxy) is 10. The van der Waals surface area contributed by atoms with Crippen molar-refractivity contribution in [3.05, 3.63) is 59.3 Å². The van der Waals surface area contributed by atoms with Gasteiger partial charge in [-0.1, -0.05) is 70.6 Å². The highest BCUT2D eigenvalue weighted by molar-refractivity contribution is 5.78. The number of nitrogens with one attached hydrogen (secondary N) is 1. The van der Waals surface area contributed by atoms with Crippen LogP contribution in [0.1, 0.15) is 101 Å². The fourth-order valence-electron chi connectivity index (χ4n) is 11.0. The van der Waals surface area contributed by atoms with Crippen LogP contribution in [0.15, 0.2) is 59.3 Å². The van der Waals surface area contributed by atoms with E-state index < -0.39 is 84.7 Å². The van der Waals surface area contributed by atoms with E-state index in [2.05, 4.69) is 45.2 Å². The number of aliphatic hydroxyl groups is 2. The van der Waals surface area contributed by atoms with Crippen LogP contribution in [0, 0.1) is 23.7 Å². The van der Waals surface area contributed by atoms with Crippen LogP contribution in [0.3, 0.4) is 0 Å². The Bertz CT molecular complexity index is 1850. The summed E-state index contributed by atoms with van der Waals surface area (Å²) in [6, 6.07) is -0.315. The zero-order chi connectivity index (χ0) is 47.0. The van der Waals surface area contributed by atoms with E-state index in [1.54, 1.807) is 33.3 Å². The highest BCUT2D eigenvalue weighted by Crippen LogP contribution is 2.47. The number of esters is 1. The van der Waals surface area contributed by atoms with Gasteiger partial charge in [-0.2, -0.15) is 0 Å². The molecular weight excluding hydrogens is 839 g/mol. The van der Waals surface area contributed by atoms with E-state index in [-0.39, 0.29) is 61.0 Å². The van der Waals surface area contributed by atoms with Crippen molar-refractivity contribution in [1.29, 1.82) is 0 Å². The monoisotopic (exact) mass is 914 g/mol. The molecular formula is C50H75NO14. The lowest BCUT2D eigenvalue weighted by Crippen LogP contribution is -2.58. The first-order valence-corrected chi connectivity index (χ1v) is 23.8. The van der Waals surface area contributed by atoms with Gasteiger partial charge in [0.05, 0.1) is 55.4 Å².